The number of ether oxygens (including phenoxy) is 1. The summed E-state index contributed by atoms with van der Waals surface area (Å²) in [5, 5.41) is 0. The lowest BCUT2D eigenvalue weighted by atomic mass is 9.77. The number of hydrogen-bond donors (Lipinski definition) is 0. The Labute approximate surface area is 170 Å². The van der Waals surface area contributed by atoms with Crippen molar-refractivity contribution in [2.45, 2.75) is 71.1 Å². The molecule has 0 spiro atoms. The first-order valence-electron chi connectivity index (χ1n) is 10.8. The summed E-state index contributed by atoms with van der Waals surface area (Å²) in [6.07, 6.45) is 13.9. The average Bonchev–Trinajstić information content (AvgIpc) is 2.76. The van der Waals surface area contributed by atoms with E-state index >= 15 is 0 Å². The summed E-state index contributed by atoms with van der Waals surface area (Å²) in [6.45, 7) is 5.05. The smallest absolute Gasteiger partial charge is 0.205 e. The molecule has 1 saturated carbocycles. The molecular weight excluding hydrogens is 344 g/mol. The lowest BCUT2D eigenvalue weighted by Gasteiger charge is -2.28. The molecule has 3 nitrogen and oxygen atoms in total. The van der Waals surface area contributed by atoms with Gasteiger partial charge in [-0.2, -0.15) is 0 Å². The molecule has 0 bridgehead atoms. The van der Waals surface area contributed by atoms with Gasteiger partial charge in [-0.25, -0.2) is 9.97 Å². The molecule has 2 aromatic rings. The lowest BCUT2D eigenvalue weighted by molar-refractivity contribution is 0.304. The molecule has 3 heteroatoms. The quantitative estimate of drug-likeness (QED) is 0.545. The largest absolute Gasteiger partial charge is 0.490 e. The number of nitrogens with zero attached hydrogens (tertiary/aromatic N) is 2. The van der Waals surface area contributed by atoms with Gasteiger partial charge in [-0.05, 0) is 67.6 Å². The zero-order valence-corrected chi connectivity index (χ0v) is 17.3. The zero-order valence-electron chi connectivity index (χ0n) is 17.3. The zero-order chi connectivity index (χ0) is 19.6. The highest BCUT2D eigenvalue weighted by atomic mass is 16.5. The van der Waals surface area contributed by atoms with E-state index in [1.54, 1.807) is 12.4 Å². The molecule has 28 heavy (non-hydrogen) atoms. The van der Waals surface area contributed by atoms with E-state index < -0.39 is 0 Å². The van der Waals surface area contributed by atoms with Gasteiger partial charge in [-0.15, -0.1) is 0 Å². The van der Waals surface area contributed by atoms with Gasteiger partial charge < -0.3 is 4.74 Å². The van der Waals surface area contributed by atoms with E-state index in [4.69, 9.17) is 4.74 Å². The van der Waals surface area contributed by atoms with Crippen LogP contribution < -0.4 is 4.74 Å². The Morgan fingerprint density at radius 1 is 0.929 bits per heavy atom. The Bertz CT molecular complexity index is 763. The fourth-order valence-electron chi connectivity index (χ4n) is 3.92. The molecule has 0 N–H and O–H groups in total. The second-order valence-electron chi connectivity index (χ2n) is 7.82. The van der Waals surface area contributed by atoms with Crippen LogP contribution in [0, 0.1) is 17.8 Å². The van der Waals surface area contributed by atoms with E-state index in [-0.39, 0.29) is 0 Å². The minimum Gasteiger partial charge on any atom is -0.490 e. The van der Waals surface area contributed by atoms with Gasteiger partial charge in [0.25, 0.3) is 0 Å². The van der Waals surface area contributed by atoms with Crippen molar-refractivity contribution in [1.29, 1.82) is 0 Å². The Hall–Kier alpha value is -2.34. The molecule has 0 saturated heterocycles. The highest BCUT2D eigenvalue weighted by Gasteiger charge is 2.21. The molecule has 0 unspecified atom stereocenters. The molecule has 1 aliphatic carbocycles. The van der Waals surface area contributed by atoms with Crippen molar-refractivity contribution in [1.82, 2.24) is 9.97 Å². The van der Waals surface area contributed by atoms with Crippen molar-refractivity contribution in [2.24, 2.45) is 5.92 Å². The molecule has 1 fully saturated rings. The molecule has 3 rings (SSSR count). The predicted molar refractivity (Wildman–Crippen MR) is 114 cm³/mol. The van der Waals surface area contributed by atoms with Crippen molar-refractivity contribution < 1.29 is 4.74 Å². The average molecular weight is 377 g/mol. The van der Waals surface area contributed by atoms with E-state index in [1.807, 2.05) is 0 Å². The second-order valence-corrected chi connectivity index (χ2v) is 7.82. The maximum absolute atomic E-state index is 5.50. The first-order valence-corrected chi connectivity index (χ1v) is 10.8. The van der Waals surface area contributed by atoms with Crippen LogP contribution in [0.3, 0.4) is 0 Å². The van der Waals surface area contributed by atoms with Gasteiger partial charge in [0.05, 0.1) is 19.0 Å². The first-order chi connectivity index (χ1) is 13.8. The van der Waals surface area contributed by atoms with Gasteiger partial charge in [0, 0.05) is 5.56 Å². The Morgan fingerprint density at radius 3 is 2.29 bits per heavy atom. The molecule has 1 aromatic carbocycles. The third kappa shape index (κ3) is 6.09. The topological polar surface area (TPSA) is 35.0 Å². The summed E-state index contributed by atoms with van der Waals surface area (Å²) >= 11 is 0. The number of unbranched alkanes of at least 4 members (excludes halogenated alkanes) is 1. The van der Waals surface area contributed by atoms with Crippen LogP contribution in [-0.4, -0.2) is 16.6 Å². The van der Waals surface area contributed by atoms with Crippen LogP contribution in [0.4, 0.5) is 0 Å². The molecule has 148 valence electrons. The second kappa shape index (κ2) is 10.9. The molecule has 0 atom stereocenters. The van der Waals surface area contributed by atoms with Crippen LogP contribution >= 0.6 is 0 Å². The number of benzene rings is 1. The third-order valence-corrected chi connectivity index (χ3v) is 5.61. The van der Waals surface area contributed by atoms with Crippen molar-refractivity contribution in [3.63, 3.8) is 0 Å². The van der Waals surface area contributed by atoms with Crippen LogP contribution in [0.15, 0.2) is 36.7 Å². The normalized spacial score (nSPS) is 18.9. The molecular formula is C25H32N2O. The van der Waals surface area contributed by atoms with Crippen LogP contribution in [0.25, 0.3) is 0 Å². The number of hydrogen-bond acceptors (Lipinski definition) is 3. The van der Waals surface area contributed by atoms with Crippen LogP contribution in [-0.2, 0) is 0 Å². The van der Waals surface area contributed by atoms with Gasteiger partial charge >= 0.3 is 0 Å². The van der Waals surface area contributed by atoms with Gasteiger partial charge in [0.1, 0.15) is 0 Å². The van der Waals surface area contributed by atoms with Crippen LogP contribution in [0.2, 0.25) is 0 Å². The predicted octanol–water partition coefficient (Wildman–Crippen LogP) is 6.13. The summed E-state index contributed by atoms with van der Waals surface area (Å²) in [4.78, 5) is 8.51. The van der Waals surface area contributed by atoms with Crippen molar-refractivity contribution >= 4 is 0 Å². The summed E-state index contributed by atoms with van der Waals surface area (Å²) in [6, 6.07) is 8.77. The lowest BCUT2D eigenvalue weighted by Crippen LogP contribution is -2.13. The van der Waals surface area contributed by atoms with E-state index in [0.29, 0.717) is 18.2 Å². The monoisotopic (exact) mass is 376 g/mol. The Morgan fingerprint density at radius 2 is 1.64 bits per heavy atom. The van der Waals surface area contributed by atoms with Gasteiger partial charge in [0.2, 0.25) is 5.82 Å². The minimum absolute atomic E-state index is 0.526. The highest BCUT2D eigenvalue weighted by Crippen LogP contribution is 2.37. The minimum atomic E-state index is 0.526. The fourth-order valence-corrected chi connectivity index (χ4v) is 3.92. The van der Waals surface area contributed by atoms with E-state index in [1.165, 1.54) is 50.5 Å². The summed E-state index contributed by atoms with van der Waals surface area (Å²) in [7, 11) is 0. The van der Waals surface area contributed by atoms with Crippen molar-refractivity contribution in [2.75, 3.05) is 6.61 Å². The molecule has 0 radical (unpaired) electrons. The Balaban J connectivity index is 1.53. The molecule has 1 heterocycles. The standard InChI is InChI=1S/C25H32N2O/c1-3-5-6-20-7-12-22(13-8-20)23-14-9-21(10-15-23)11-16-25-26-18-24(19-27-25)28-17-4-2/h9-10,14-15,18-20,22H,3-8,12-13,17H2,1-2H3/t20-,22-. The number of aromatic nitrogens is 2. The van der Waals surface area contributed by atoms with Crippen LogP contribution in [0.1, 0.15) is 88.1 Å². The maximum Gasteiger partial charge on any atom is 0.205 e. The van der Waals surface area contributed by atoms with E-state index in [0.717, 1.165) is 23.8 Å². The van der Waals surface area contributed by atoms with Gasteiger partial charge in [-0.1, -0.05) is 51.2 Å². The maximum atomic E-state index is 5.50. The first kappa shape index (κ1) is 20.4. The van der Waals surface area contributed by atoms with Crippen molar-refractivity contribution in [3.8, 4) is 17.6 Å². The van der Waals surface area contributed by atoms with Gasteiger partial charge in [-0.3, -0.25) is 0 Å². The van der Waals surface area contributed by atoms with E-state index in [2.05, 4.69) is 59.9 Å². The molecule has 0 aliphatic heterocycles. The van der Waals surface area contributed by atoms with Gasteiger partial charge in [0.15, 0.2) is 5.75 Å². The Kier molecular flexibility index (Phi) is 7.91. The number of rotatable bonds is 7. The highest BCUT2D eigenvalue weighted by molar-refractivity contribution is 5.40. The van der Waals surface area contributed by atoms with Crippen LogP contribution in [0.5, 0.6) is 5.75 Å². The van der Waals surface area contributed by atoms with Crippen molar-refractivity contribution in [3.05, 3.63) is 53.6 Å². The molecule has 1 aromatic heterocycles. The SMILES string of the molecule is CCCC[C@H]1CC[C@H](c2ccc(C#Cc3ncc(OCCC)cn3)cc2)CC1. The summed E-state index contributed by atoms with van der Waals surface area (Å²) in [5.41, 5.74) is 2.48. The summed E-state index contributed by atoms with van der Waals surface area (Å²) < 4.78 is 5.50. The third-order valence-electron chi connectivity index (χ3n) is 5.61. The molecule has 0 amide bonds. The fraction of sp³-hybridized carbons (Fsp3) is 0.520. The van der Waals surface area contributed by atoms with E-state index in [9.17, 15) is 0 Å². The molecule has 1 aliphatic rings. The summed E-state index contributed by atoms with van der Waals surface area (Å²) in [5.74, 6) is 9.11.